The number of nitrogen functional groups attached to an aromatic ring is 1. The highest BCUT2D eigenvalue weighted by atomic mass is 16.3. The van der Waals surface area contributed by atoms with Crippen LogP contribution in [-0.4, -0.2) is 49.2 Å². The van der Waals surface area contributed by atoms with Crippen molar-refractivity contribution in [1.29, 1.82) is 0 Å². The molecule has 116 valence electrons. The Bertz CT molecular complexity index is 498. The quantitative estimate of drug-likeness (QED) is 0.783. The fourth-order valence-corrected chi connectivity index (χ4v) is 2.65. The zero-order valence-corrected chi connectivity index (χ0v) is 12.9. The summed E-state index contributed by atoms with van der Waals surface area (Å²) in [6.45, 7) is 0.979. The Balaban J connectivity index is 2.22. The van der Waals surface area contributed by atoms with Crippen LogP contribution in [-0.2, 0) is 0 Å². The molecule has 1 aromatic carbocycles. The van der Waals surface area contributed by atoms with Crippen molar-refractivity contribution in [3.8, 4) is 0 Å². The highest BCUT2D eigenvalue weighted by molar-refractivity contribution is 5.95. The summed E-state index contributed by atoms with van der Waals surface area (Å²) < 4.78 is 0. The number of benzene rings is 1. The van der Waals surface area contributed by atoms with Gasteiger partial charge in [-0.25, -0.2) is 0 Å². The van der Waals surface area contributed by atoms with Crippen LogP contribution >= 0.6 is 0 Å². The molecule has 3 N–H and O–H groups in total. The molecule has 1 saturated carbocycles. The number of rotatable bonds is 6. The van der Waals surface area contributed by atoms with Gasteiger partial charge in [0, 0.05) is 38.9 Å². The van der Waals surface area contributed by atoms with Crippen LogP contribution in [0.15, 0.2) is 18.2 Å². The third-order valence-electron chi connectivity index (χ3n) is 4.06. The molecule has 1 amide bonds. The lowest BCUT2D eigenvalue weighted by Crippen LogP contribution is -2.41. The number of aliphatic hydroxyl groups is 1. The lowest BCUT2D eigenvalue weighted by atomic mass is 9.90. The Labute approximate surface area is 126 Å². The summed E-state index contributed by atoms with van der Waals surface area (Å²) in [5, 5.41) is 9.07. The molecule has 2 rings (SSSR count). The second-order valence-corrected chi connectivity index (χ2v) is 5.83. The minimum absolute atomic E-state index is 0.0428. The van der Waals surface area contributed by atoms with Crippen LogP contribution in [0.25, 0.3) is 0 Å². The molecule has 0 aliphatic heterocycles. The second-order valence-electron chi connectivity index (χ2n) is 5.83. The van der Waals surface area contributed by atoms with E-state index < -0.39 is 0 Å². The van der Waals surface area contributed by atoms with Crippen LogP contribution in [0.4, 0.5) is 11.4 Å². The van der Waals surface area contributed by atoms with Gasteiger partial charge in [0.2, 0.25) is 0 Å². The minimum Gasteiger partial charge on any atom is -0.397 e. The number of nitrogens with two attached hydrogens (primary N) is 1. The Morgan fingerprint density at radius 1 is 1.38 bits per heavy atom. The Morgan fingerprint density at radius 3 is 2.57 bits per heavy atom. The van der Waals surface area contributed by atoms with E-state index in [4.69, 9.17) is 10.8 Å². The van der Waals surface area contributed by atoms with E-state index in [1.54, 1.807) is 25.1 Å². The molecule has 21 heavy (non-hydrogen) atoms. The molecular formula is C16H25N3O2. The Hall–Kier alpha value is -1.75. The first kappa shape index (κ1) is 15.6. The first-order valence-electron chi connectivity index (χ1n) is 7.53. The SMILES string of the molecule is CN(C)C(=O)c1ccc(N(CCCO)C2CCC2)c(N)c1. The van der Waals surface area contributed by atoms with Gasteiger partial charge < -0.3 is 20.6 Å². The second kappa shape index (κ2) is 6.80. The summed E-state index contributed by atoms with van der Waals surface area (Å²) >= 11 is 0. The molecule has 1 aromatic rings. The number of aliphatic hydroxyl groups excluding tert-OH is 1. The van der Waals surface area contributed by atoms with E-state index in [-0.39, 0.29) is 12.5 Å². The molecule has 1 aliphatic rings. The van der Waals surface area contributed by atoms with Crippen LogP contribution < -0.4 is 10.6 Å². The molecule has 0 bridgehead atoms. The van der Waals surface area contributed by atoms with Crippen LogP contribution in [0.2, 0.25) is 0 Å². The van der Waals surface area contributed by atoms with Crippen molar-refractivity contribution in [1.82, 2.24) is 4.90 Å². The number of hydrogen-bond donors (Lipinski definition) is 2. The third kappa shape index (κ3) is 3.47. The van der Waals surface area contributed by atoms with Crippen molar-refractivity contribution >= 4 is 17.3 Å². The average Bonchev–Trinajstić information content (AvgIpc) is 2.40. The Kier molecular flexibility index (Phi) is 5.07. The summed E-state index contributed by atoms with van der Waals surface area (Å²) in [4.78, 5) is 15.8. The molecule has 0 heterocycles. The summed E-state index contributed by atoms with van der Waals surface area (Å²) in [6, 6.07) is 6.03. The van der Waals surface area contributed by atoms with E-state index in [1.807, 2.05) is 12.1 Å². The number of carbonyl (C=O) groups excluding carboxylic acids is 1. The van der Waals surface area contributed by atoms with Crippen molar-refractivity contribution in [2.75, 3.05) is 37.9 Å². The highest BCUT2D eigenvalue weighted by Crippen LogP contribution is 2.33. The van der Waals surface area contributed by atoms with Crippen LogP contribution in [0.1, 0.15) is 36.0 Å². The van der Waals surface area contributed by atoms with Gasteiger partial charge in [0.1, 0.15) is 0 Å². The standard InChI is InChI=1S/C16H25N3O2/c1-18(2)16(21)12-7-8-15(14(17)11-12)19(9-4-10-20)13-5-3-6-13/h7-8,11,13,20H,3-6,9-10,17H2,1-2H3. The molecule has 1 fully saturated rings. The molecule has 5 nitrogen and oxygen atoms in total. The average molecular weight is 291 g/mol. The molecule has 0 unspecified atom stereocenters. The number of nitrogens with zero attached hydrogens (tertiary/aromatic N) is 2. The topological polar surface area (TPSA) is 69.8 Å². The molecular weight excluding hydrogens is 266 g/mol. The lowest BCUT2D eigenvalue weighted by Gasteiger charge is -2.40. The van der Waals surface area contributed by atoms with E-state index >= 15 is 0 Å². The fraction of sp³-hybridized carbons (Fsp3) is 0.562. The van der Waals surface area contributed by atoms with E-state index in [0.717, 1.165) is 18.7 Å². The van der Waals surface area contributed by atoms with Crippen LogP contribution in [0, 0.1) is 0 Å². The first-order valence-corrected chi connectivity index (χ1v) is 7.53. The predicted molar refractivity (Wildman–Crippen MR) is 85.6 cm³/mol. The number of hydrogen-bond acceptors (Lipinski definition) is 4. The maximum atomic E-state index is 12.0. The molecule has 0 saturated heterocycles. The predicted octanol–water partition coefficient (Wildman–Crippen LogP) is 1.71. The molecule has 1 aliphatic carbocycles. The first-order chi connectivity index (χ1) is 10.0. The van der Waals surface area contributed by atoms with Crippen molar-refractivity contribution in [2.24, 2.45) is 0 Å². The van der Waals surface area contributed by atoms with Gasteiger partial charge in [-0.1, -0.05) is 0 Å². The number of carbonyl (C=O) groups is 1. The fourth-order valence-electron chi connectivity index (χ4n) is 2.65. The maximum Gasteiger partial charge on any atom is 0.253 e. The lowest BCUT2D eigenvalue weighted by molar-refractivity contribution is 0.0827. The van der Waals surface area contributed by atoms with Gasteiger partial charge in [-0.05, 0) is 43.9 Å². The van der Waals surface area contributed by atoms with Crippen molar-refractivity contribution in [3.63, 3.8) is 0 Å². The van der Waals surface area contributed by atoms with Crippen molar-refractivity contribution in [2.45, 2.75) is 31.7 Å². The van der Waals surface area contributed by atoms with Crippen molar-refractivity contribution in [3.05, 3.63) is 23.8 Å². The van der Waals surface area contributed by atoms with E-state index in [9.17, 15) is 4.79 Å². The molecule has 0 atom stereocenters. The molecule has 0 spiro atoms. The van der Waals surface area contributed by atoms with E-state index in [2.05, 4.69) is 4.90 Å². The summed E-state index contributed by atoms with van der Waals surface area (Å²) in [6.07, 6.45) is 4.32. The molecule has 5 heteroatoms. The number of amides is 1. The van der Waals surface area contributed by atoms with Gasteiger partial charge >= 0.3 is 0 Å². The van der Waals surface area contributed by atoms with Gasteiger partial charge in [-0.15, -0.1) is 0 Å². The zero-order chi connectivity index (χ0) is 15.4. The van der Waals surface area contributed by atoms with E-state index in [1.165, 1.54) is 19.3 Å². The normalized spacial score (nSPS) is 14.6. The molecule has 0 radical (unpaired) electrons. The Morgan fingerprint density at radius 2 is 2.10 bits per heavy atom. The van der Waals surface area contributed by atoms with E-state index in [0.29, 0.717) is 17.3 Å². The smallest absolute Gasteiger partial charge is 0.253 e. The monoisotopic (exact) mass is 291 g/mol. The summed E-state index contributed by atoms with van der Waals surface area (Å²) in [5.74, 6) is -0.0428. The third-order valence-corrected chi connectivity index (χ3v) is 4.06. The van der Waals surface area contributed by atoms with Gasteiger partial charge in [0.25, 0.3) is 5.91 Å². The summed E-state index contributed by atoms with van der Waals surface area (Å²) in [7, 11) is 3.46. The van der Waals surface area contributed by atoms with Crippen molar-refractivity contribution < 1.29 is 9.90 Å². The van der Waals surface area contributed by atoms with Gasteiger partial charge in [0.15, 0.2) is 0 Å². The summed E-state index contributed by atoms with van der Waals surface area (Å²) in [5.41, 5.74) is 8.39. The van der Waals surface area contributed by atoms with Crippen LogP contribution in [0.3, 0.4) is 0 Å². The number of anilines is 2. The van der Waals surface area contributed by atoms with Crippen LogP contribution in [0.5, 0.6) is 0 Å². The molecule has 0 aromatic heterocycles. The minimum atomic E-state index is -0.0428. The van der Waals surface area contributed by atoms with Gasteiger partial charge in [-0.2, -0.15) is 0 Å². The largest absolute Gasteiger partial charge is 0.397 e. The van der Waals surface area contributed by atoms with Gasteiger partial charge in [-0.3, -0.25) is 4.79 Å². The van der Waals surface area contributed by atoms with Gasteiger partial charge in [0.05, 0.1) is 11.4 Å². The zero-order valence-electron chi connectivity index (χ0n) is 12.9. The maximum absolute atomic E-state index is 12.0. The highest BCUT2D eigenvalue weighted by Gasteiger charge is 2.26.